The standard InChI is InChI=1S/C19H27F3N2O3/c1-5-24(3)12-23-16-11-17(26-4)15(10-13(16)2)18(25,19(20,21)22)14-6-8-27-9-7-14/h10-12,14,25H,5-9H2,1-4H3. The maximum absolute atomic E-state index is 14.0. The minimum Gasteiger partial charge on any atom is -0.496 e. The van der Waals surface area contributed by atoms with E-state index < -0.39 is 17.7 Å². The molecule has 1 heterocycles. The summed E-state index contributed by atoms with van der Waals surface area (Å²) in [5.41, 5.74) is -2.26. The topological polar surface area (TPSA) is 54.3 Å². The number of nitrogens with zero attached hydrogens (tertiary/aromatic N) is 2. The number of aryl methyl sites for hydroxylation is 1. The second kappa shape index (κ2) is 8.48. The van der Waals surface area contributed by atoms with Gasteiger partial charge in [0.2, 0.25) is 0 Å². The van der Waals surface area contributed by atoms with Crippen molar-refractivity contribution in [2.24, 2.45) is 10.9 Å². The zero-order chi connectivity index (χ0) is 20.2. The average molecular weight is 388 g/mol. The highest BCUT2D eigenvalue weighted by Crippen LogP contribution is 2.51. The van der Waals surface area contributed by atoms with E-state index in [1.807, 2.05) is 18.9 Å². The van der Waals surface area contributed by atoms with Crippen LogP contribution in [0.5, 0.6) is 5.75 Å². The van der Waals surface area contributed by atoms with Crippen molar-refractivity contribution in [1.29, 1.82) is 0 Å². The van der Waals surface area contributed by atoms with E-state index in [9.17, 15) is 18.3 Å². The van der Waals surface area contributed by atoms with Gasteiger partial charge < -0.3 is 19.5 Å². The molecule has 1 aromatic rings. The molecule has 8 heteroatoms. The third-order valence-corrected chi connectivity index (χ3v) is 5.07. The normalized spacial score (nSPS) is 18.5. The molecule has 1 fully saturated rings. The summed E-state index contributed by atoms with van der Waals surface area (Å²) in [7, 11) is 3.14. The van der Waals surface area contributed by atoms with Crippen LogP contribution in [0, 0.1) is 12.8 Å². The molecule has 0 amide bonds. The van der Waals surface area contributed by atoms with Gasteiger partial charge in [-0.15, -0.1) is 0 Å². The summed E-state index contributed by atoms with van der Waals surface area (Å²) in [6.07, 6.45) is -2.99. The van der Waals surface area contributed by atoms with Crippen LogP contribution in [0.15, 0.2) is 17.1 Å². The molecular formula is C19H27F3N2O3. The smallest absolute Gasteiger partial charge is 0.421 e. The van der Waals surface area contributed by atoms with Crippen molar-refractivity contribution in [3.05, 3.63) is 23.3 Å². The minimum absolute atomic E-state index is 0.0294. The number of aliphatic hydroxyl groups is 1. The predicted octanol–water partition coefficient (Wildman–Crippen LogP) is 3.79. The first kappa shape index (κ1) is 21.5. The molecule has 0 aliphatic carbocycles. The SMILES string of the molecule is CCN(C)C=Nc1cc(OC)c(C(O)(C2CCOCC2)C(F)(F)F)cc1C. The fourth-order valence-electron chi connectivity index (χ4n) is 3.24. The molecule has 152 valence electrons. The Kier molecular flexibility index (Phi) is 6.75. The van der Waals surface area contributed by atoms with Gasteiger partial charge in [0.1, 0.15) is 5.75 Å². The van der Waals surface area contributed by atoms with Gasteiger partial charge >= 0.3 is 6.18 Å². The van der Waals surface area contributed by atoms with Gasteiger partial charge in [0.25, 0.3) is 0 Å². The lowest BCUT2D eigenvalue weighted by Crippen LogP contribution is -2.50. The first-order chi connectivity index (χ1) is 12.6. The number of hydrogen-bond donors (Lipinski definition) is 1. The molecule has 27 heavy (non-hydrogen) atoms. The Morgan fingerprint density at radius 1 is 1.33 bits per heavy atom. The molecule has 1 saturated heterocycles. The van der Waals surface area contributed by atoms with Crippen LogP contribution in [0.25, 0.3) is 0 Å². The van der Waals surface area contributed by atoms with Crippen molar-refractivity contribution in [2.75, 3.05) is 33.9 Å². The second-order valence-corrected chi connectivity index (χ2v) is 6.81. The molecule has 1 unspecified atom stereocenters. The van der Waals surface area contributed by atoms with Gasteiger partial charge in [-0.2, -0.15) is 13.2 Å². The predicted molar refractivity (Wildman–Crippen MR) is 97.7 cm³/mol. The molecular weight excluding hydrogens is 361 g/mol. The lowest BCUT2D eigenvalue weighted by atomic mass is 9.75. The highest BCUT2D eigenvalue weighted by molar-refractivity contribution is 5.65. The van der Waals surface area contributed by atoms with Crippen LogP contribution in [-0.2, 0) is 10.3 Å². The van der Waals surface area contributed by atoms with Crippen molar-refractivity contribution in [3.63, 3.8) is 0 Å². The van der Waals surface area contributed by atoms with Crippen molar-refractivity contribution >= 4 is 12.0 Å². The fraction of sp³-hybridized carbons (Fsp3) is 0.632. The molecule has 1 aromatic carbocycles. The zero-order valence-corrected chi connectivity index (χ0v) is 16.1. The molecule has 0 radical (unpaired) electrons. The van der Waals surface area contributed by atoms with Gasteiger partial charge in [-0.3, -0.25) is 0 Å². The number of methoxy groups -OCH3 is 1. The Morgan fingerprint density at radius 3 is 2.48 bits per heavy atom. The Balaban J connectivity index is 2.56. The van der Waals surface area contributed by atoms with Crippen LogP contribution in [0.3, 0.4) is 0 Å². The van der Waals surface area contributed by atoms with E-state index in [2.05, 4.69) is 4.99 Å². The van der Waals surface area contributed by atoms with Crippen LogP contribution in [0.4, 0.5) is 18.9 Å². The zero-order valence-electron chi connectivity index (χ0n) is 16.1. The Hall–Kier alpha value is -1.80. The first-order valence-corrected chi connectivity index (χ1v) is 8.95. The molecule has 0 aromatic heterocycles. The summed E-state index contributed by atoms with van der Waals surface area (Å²) in [5, 5.41) is 10.9. The van der Waals surface area contributed by atoms with E-state index >= 15 is 0 Å². The molecule has 0 saturated carbocycles. The molecule has 1 N–H and O–H groups in total. The van der Waals surface area contributed by atoms with E-state index in [1.54, 1.807) is 13.3 Å². The monoisotopic (exact) mass is 388 g/mol. The van der Waals surface area contributed by atoms with Gasteiger partial charge in [0, 0.05) is 44.4 Å². The van der Waals surface area contributed by atoms with E-state index in [0.717, 1.165) is 6.54 Å². The highest BCUT2D eigenvalue weighted by Gasteiger charge is 2.60. The largest absolute Gasteiger partial charge is 0.496 e. The highest BCUT2D eigenvalue weighted by atomic mass is 19.4. The lowest BCUT2D eigenvalue weighted by molar-refractivity contribution is -0.293. The third-order valence-electron chi connectivity index (χ3n) is 5.07. The molecule has 2 rings (SSSR count). The summed E-state index contributed by atoms with van der Waals surface area (Å²) < 4.78 is 52.5. The maximum Gasteiger partial charge on any atom is 0.421 e. The number of rotatable bonds is 6. The van der Waals surface area contributed by atoms with Gasteiger partial charge in [-0.1, -0.05) is 0 Å². The Bertz CT molecular complexity index is 673. The average Bonchev–Trinajstić information content (AvgIpc) is 2.65. The summed E-state index contributed by atoms with van der Waals surface area (Å²) in [5.74, 6) is -1.03. The number of alkyl halides is 3. The molecule has 1 atom stereocenters. The van der Waals surface area contributed by atoms with E-state index in [0.29, 0.717) is 11.3 Å². The third kappa shape index (κ3) is 4.38. The van der Waals surface area contributed by atoms with Crippen molar-refractivity contribution < 1.29 is 27.8 Å². The van der Waals surface area contributed by atoms with E-state index in [-0.39, 0.29) is 37.4 Å². The number of benzene rings is 1. The summed E-state index contributed by atoms with van der Waals surface area (Å²) in [6.45, 7) is 4.75. The Labute approximate surface area is 157 Å². The maximum atomic E-state index is 14.0. The van der Waals surface area contributed by atoms with E-state index in [4.69, 9.17) is 9.47 Å². The van der Waals surface area contributed by atoms with Crippen LogP contribution in [0.1, 0.15) is 30.9 Å². The second-order valence-electron chi connectivity index (χ2n) is 6.81. The molecule has 0 bridgehead atoms. The van der Waals surface area contributed by atoms with Crippen molar-refractivity contribution in [3.8, 4) is 5.75 Å². The number of halogens is 3. The van der Waals surface area contributed by atoms with Crippen molar-refractivity contribution in [2.45, 2.75) is 38.5 Å². The van der Waals surface area contributed by atoms with Crippen LogP contribution in [0.2, 0.25) is 0 Å². The van der Waals surface area contributed by atoms with Gasteiger partial charge in [0.05, 0.1) is 19.1 Å². The van der Waals surface area contributed by atoms with Gasteiger partial charge in [-0.05, 0) is 38.3 Å². The molecule has 0 spiro atoms. The van der Waals surface area contributed by atoms with Gasteiger partial charge in [0.15, 0.2) is 5.60 Å². The number of aliphatic imine (C=N–C) groups is 1. The fourth-order valence-corrected chi connectivity index (χ4v) is 3.24. The Morgan fingerprint density at radius 2 is 1.96 bits per heavy atom. The van der Waals surface area contributed by atoms with Crippen LogP contribution in [-0.4, -0.2) is 56.4 Å². The van der Waals surface area contributed by atoms with E-state index in [1.165, 1.54) is 19.2 Å². The number of ether oxygens (including phenoxy) is 2. The summed E-state index contributed by atoms with van der Waals surface area (Å²) >= 11 is 0. The first-order valence-electron chi connectivity index (χ1n) is 8.95. The number of hydrogen-bond acceptors (Lipinski definition) is 4. The minimum atomic E-state index is -4.85. The summed E-state index contributed by atoms with van der Waals surface area (Å²) in [6, 6.07) is 2.78. The van der Waals surface area contributed by atoms with Crippen LogP contribution < -0.4 is 4.74 Å². The quantitative estimate of drug-likeness (QED) is 0.595. The summed E-state index contributed by atoms with van der Waals surface area (Å²) in [4.78, 5) is 6.16. The van der Waals surface area contributed by atoms with Crippen molar-refractivity contribution in [1.82, 2.24) is 4.90 Å². The van der Waals surface area contributed by atoms with Gasteiger partial charge in [-0.25, -0.2) is 4.99 Å². The molecule has 1 aliphatic rings. The molecule has 5 nitrogen and oxygen atoms in total. The lowest BCUT2D eigenvalue weighted by Gasteiger charge is -2.40. The van der Waals surface area contributed by atoms with Crippen LogP contribution >= 0.6 is 0 Å². The molecule has 1 aliphatic heterocycles.